The Balaban J connectivity index is 1.63. The van der Waals surface area contributed by atoms with Gasteiger partial charge < -0.3 is 14.2 Å². The molecule has 1 aliphatic heterocycles. The summed E-state index contributed by atoms with van der Waals surface area (Å²) in [4.78, 5) is 4.87. The molecule has 0 radical (unpaired) electrons. The smallest absolute Gasteiger partial charge is 0.159 e. The molecule has 6 nitrogen and oxygen atoms in total. The Hall–Kier alpha value is -1.92. The van der Waals surface area contributed by atoms with E-state index in [1.54, 1.807) is 7.11 Å². The van der Waals surface area contributed by atoms with E-state index in [4.69, 9.17) is 24.3 Å². The Kier molecular flexibility index (Phi) is 5.51. The fourth-order valence-corrected chi connectivity index (χ4v) is 3.93. The van der Waals surface area contributed by atoms with Crippen molar-refractivity contribution in [3.8, 4) is 5.75 Å². The largest absolute Gasteiger partial charge is 0.496 e. The van der Waals surface area contributed by atoms with Gasteiger partial charge in [-0.25, -0.2) is 9.67 Å². The number of nitrogens with zero attached hydrogens (tertiary/aromatic N) is 3. The first kappa shape index (κ1) is 17.5. The monoisotopic (exact) mass is 357 g/mol. The van der Waals surface area contributed by atoms with Gasteiger partial charge in [-0.2, -0.15) is 5.10 Å². The summed E-state index contributed by atoms with van der Waals surface area (Å²) in [6, 6.07) is 8.47. The number of hydrogen-bond donors (Lipinski definition) is 0. The summed E-state index contributed by atoms with van der Waals surface area (Å²) in [5.74, 6) is 2.62. The highest BCUT2D eigenvalue weighted by Crippen LogP contribution is 2.32. The van der Waals surface area contributed by atoms with Crippen LogP contribution < -0.4 is 4.74 Å². The van der Waals surface area contributed by atoms with Gasteiger partial charge in [-0.15, -0.1) is 0 Å². The van der Waals surface area contributed by atoms with Crippen LogP contribution in [-0.2, 0) is 15.9 Å². The molecule has 2 fully saturated rings. The van der Waals surface area contributed by atoms with Crippen LogP contribution in [-0.4, -0.2) is 41.7 Å². The van der Waals surface area contributed by atoms with Crippen molar-refractivity contribution < 1.29 is 14.2 Å². The van der Waals surface area contributed by atoms with Crippen molar-refractivity contribution in [2.24, 2.45) is 0 Å². The molecule has 1 aromatic carbocycles. The summed E-state index contributed by atoms with van der Waals surface area (Å²) in [5, 5.41) is 4.89. The third-order valence-electron chi connectivity index (χ3n) is 5.27. The van der Waals surface area contributed by atoms with E-state index in [2.05, 4.69) is 10.7 Å². The molecule has 1 aromatic heterocycles. The van der Waals surface area contributed by atoms with Crippen molar-refractivity contribution in [3.63, 3.8) is 0 Å². The summed E-state index contributed by atoms with van der Waals surface area (Å²) in [6.45, 7) is 1.83. The normalized spacial score (nSPS) is 21.7. The number of para-hydroxylation sites is 1. The third kappa shape index (κ3) is 3.76. The molecule has 4 rings (SSSR count). The zero-order chi connectivity index (χ0) is 17.8. The lowest BCUT2D eigenvalue weighted by molar-refractivity contribution is -0.0956. The lowest BCUT2D eigenvalue weighted by Gasteiger charge is -2.27. The number of rotatable bonds is 5. The minimum absolute atomic E-state index is 0.121. The molecule has 1 atom stereocenters. The Bertz CT molecular complexity index is 683. The van der Waals surface area contributed by atoms with Gasteiger partial charge >= 0.3 is 0 Å². The summed E-state index contributed by atoms with van der Waals surface area (Å²) in [7, 11) is 1.70. The van der Waals surface area contributed by atoms with Crippen LogP contribution in [0.2, 0.25) is 0 Å². The van der Waals surface area contributed by atoms with Crippen molar-refractivity contribution in [1.29, 1.82) is 0 Å². The molecule has 0 bridgehead atoms. The first-order valence-electron chi connectivity index (χ1n) is 9.61. The highest BCUT2D eigenvalue weighted by molar-refractivity contribution is 5.35. The van der Waals surface area contributed by atoms with E-state index in [1.807, 2.05) is 18.2 Å². The zero-order valence-corrected chi connectivity index (χ0v) is 15.4. The van der Waals surface area contributed by atoms with Crippen LogP contribution in [0.1, 0.15) is 61.5 Å². The van der Waals surface area contributed by atoms with Crippen LogP contribution in [0.25, 0.3) is 0 Å². The maximum absolute atomic E-state index is 5.93. The van der Waals surface area contributed by atoms with Gasteiger partial charge in [-0.05, 0) is 18.9 Å². The van der Waals surface area contributed by atoms with Gasteiger partial charge in [-0.1, -0.05) is 37.5 Å². The minimum Gasteiger partial charge on any atom is -0.496 e. The molecule has 26 heavy (non-hydrogen) atoms. The SMILES string of the molecule is COc1ccccc1Cc1nc(C2COCCO2)n(C2CCCCC2)n1. The highest BCUT2D eigenvalue weighted by Gasteiger charge is 2.28. The van der Waals surface area contributed by atoms with Crippen molar-refractivity contribution in [3.05, 3.63) is 41.5 Å². The molecular formula is C20H27N3O3. The minimum atomic E-state index is -0.121. The quantitative estimate of drug-likeness (QED) is 0.820. The van der Waals surface area contributed by atoms with E-state index in [9.17, 15) is 0 Å². The molecule has 0 N–H and O–H groups in total. The second kappa shape index (κ2) is 8.18. The number of ether oxygens (including phenoxy) is 3. The molecule has 1 saturated heterocycles. The van der Waals surface area contributed by atoms with Crippen LogP contribution in [0, 0.1) is 0 Å². The molecule has 2 aliphatic rings. The van der Waals surface area contributed by atoms with Crippen molar-refractivity contribution >= 4 is 0 Å². The van der Waals surface area contributed by atoms with Crippen LogP contribution in [0.4, 0.5) is 0 Å². The predicted octanol–water partition coefficient (Wildman–Crippen LogP) is 3.47. The fraction of sp³-hybridized carbons (Fsp3) is 0.600. The summed E-state index contributed by atoms with van der Waals surface area (Å²) in [5.41, 5.74) is 1.10. The average molecular weight is 357 g/mol. The van der Waals surface area contributed by atoms with Crippen molar-refractivity contribution in [2.45, 2.75) is 50.7 Å². The van der Waals surface area contributed by atoms with E-state index >= 15 is 0 Å². The van der Waals surface area contributed by atoms with E-state index in [0.717, 1.165) is 35.8 Å². The topological polar surface area (TPSA) is 58.4 Å². The number of benzene rings is 1. The van der Waals surface area contributed by atoms with Crippen molar-refractivity contribution in [2.75, 3.05) is 26.9 Å². The van der Waals surface area contributed by atoms with Gasteiger partial charge in [0.2, 0.25) is 0 Å². The van der Waals surface area contributed by atoms with Gasteiger partial charge in [0, 0.05) is 12.0 Å². The summed E-state index contributed by atoms with van der Waals surface area (Å²) >= 11 is 0. The first-order chi connectivity index (χ1) is 12.8. The number of methoxy groups -OCH3 is 1. The Labute approximate surface area is 154 Å². The Morgan fingerprint density at radius 3 is 2.77 bits per heavy atom. The van der Waals surface area contributed by atoms with E-state index in [0.29, 0.717) is 32.3 Å². The molecule has 6 heteroatoms. The van der Waals surface area contributed by atoms with Gasteiger partial charge in [0.25, 0.3) is 0 Å². The highest BCUT2D eigenvalue weighted by atomic mass is 16.6. The van der Waals surface area contributed by atoms with Crippen LogP contribution >= 0.6 is 0 Å². The Morgan fingerprint density at radius 2 is 2.00 bits per heavy atom. The maximum atomic E-state index is 5.93. The lowest BCUT2D eigenvalue weighted by atomic mass is 9.95. The maximum Gasteiger partial charge on any atom is 0.159 e. The second-order valence-electron chi connectivity index (χ2n) is 7.05. The van der Waals surface area contributed by atoms with Crippen LogP contribution in [0.5, 0.6) is 5.75 Å². The predicted molar refractivity (Wildman–Crippen MR) is 97.5 cm³/mol. The molecule has 1 aliphatic carbocycles. The molecule has 0 spiro atoms. The standard InChI is InChI=1S/C20H27N3O3/c1-24-17-10-6-5-7-15(17)13-19-21-20(18-14-25-11-12-26-18)23(22-19)16-8-3-2-4-9-16/h5-7,10,16,18H,2-4,8-9,11-14H2,1H3. The van der Waals surface area contributed by atoms with Gasteiger partial charge in [0.05, 0.1) is 33.0 Å². The third-order valence-corrected chi connectivity index (χ3v) is 5.27. The number of hydrogen-bond acceptors (Lipinski definition) is 5. The molecule has 2 heterocycles. The fourth-order valence-electron chi connectivity index (χ4n) is 3.93. The second-order valence-corrected chi connectivity index (χ2v) is 7.05. The lowest BCUT2D eigenvalue weighted by Crippen LogP contribution is -2.27. The van der Waals surface area contributed by atoms with Crippen molar-refractivity contribution in [1.82, 2.24) is 14.8 Å². The molecule has 140 valence electrons. The molecule has 0 amide bonds. The average Bonchev–Trinajstić information content (AvgIpc) is 3.13. The van der Waals surface area contributed by atoms with E-state index in [-0.39, 0.29) is 6.10 Å². The number of aromatic nitrogens is 3. The zero-order valence-electron chi connectivity index (χ0n) is 15.4. The Morgan fingerprint density at radius 1 is 1.15 bits per heavy atom. The summed E-state index contributed by atoms with van der Waals surface area (Å²) in [6.07, 6.45) is 6.70. The summed E-state index contributed by atoms with van der Waals surface area (Å²) < 4.78 is 19.2. The van der Waals surface area contributed by atoms with Gasteiger partial charge in [0.15, 0.2) is 11.6 Å². The molecule has 2 aromatic rings. The molecule has 1 saturated carbocycles. The van der Waals surface area contributed by atoms with Crippen LogP contribution in [0.15, 0.2) is 24.3 Å². The van der Waals surface area contributed by atoms with Gasteiger partial charge in [0.1, 0.15) is 11.9 Å². The molecular weight excluding hydrogens is 330 g/mol. The van der Waals surface area contributed by atoms with Gasteiger partial charge in [-0.3, -0.25) is 0 Å². The van der Waals surface area contributed by atoms with Crippen LogP contribution in [0.3, 0.4) is 0 Å². The van der Waals surface area contributed by atoms with E-state index < -0.39 is 0 Å². The first-order valence-corrected chi connectivity index (χ1v) is 9.61. The molecule has 1 unspecified atom stereocenters. The van der Waals surface area contributed by atoms with E-state index in [1.165, 1.54) is 19.3 Å².